The van der Waals surface area contributed by atoms with Gasteiger partial charge >= 0.3 is 0 Å². The summed E-state index contributed by atoms with van der Waals surface area (Å²) in [5, 5.41) is 0. The van der Waals surface area contributed by atoms with Crippen LogP contribution in [0.3, 0.4) is 0 Å². The molecule has 1 aromatic carbocycles. The second-order valence-electron chi connectivity index (χ2n) is 3.43. The van der Waals surface area contributed by atoms with Crippen LogP contribution in [0.5, 0.6) is 5.75 Å². The normalized spacial score (nSPS) is 10.3. The van der Waals surface area contributed by atoms with Crippen molar-refractivity contribution in [3.63, 3.8) is 0 Å². The van der Waals surface area contributed by atoms with Crippen LogP contribution in [-0.4, -0.2) is 11.6 Å². The highest BCUT2D eigenvalue weighted by Crippen LogP contribution is 2.24. The summed E-state index contributed by atoms with van der Waals surface area (Å²) in [6.07, 6.45) is 0. The van der Waals surface area contributed by atoms with Gasteiger partial charge in [0.25, 0.3) is 0 Å². The summed E-state index contributed by atoms with van der Waals surface area (Å²) in [4.78, 5) is 3.14. The smallest absolute Gasteiger partial charge is 0.223 e. The summed E-state index contributed by atoms with van der Waals surface area (Å²) in [6.45, 7) is 2.46. The zero-order valence-corrected chi connectivity index (χ0v) is 9.28. The van der Waals surface area contributed by atoms with Crippen molar-refractivity contribution in [3.05, 3.63) is 48.3 Å². The molecule has 0 unspecified atom stereocenters. The largest absolute Gasteiger partial charge is 0.494 e. The Morgan fingerprint density at radius 2 is 1.76 bits per heavy atom. The summed E-state index contributed by atoms with van der Waals surface area (Å²) in [5.74, 6) is -0.918. The lowest BCUT2D eigenvalue weighted by atomic mass is 10.1. The molecule has 0 spiro atoms. The third-order valence-electron chi connectivity index (χ3n) is 2.29. The number of nitrogens with zero attached hydrogens (tertiary/aromatic N) is 1. The fraction of sp³-hybridized carbons (Fsp3) is 0.154. The van der Waals surface area contributed by atoms with Gasteiger partial charge in [0.1, 0.15) is 5.75 Å². The molecule has 88 valence electrons. The Bertz CT molecular complexity index is 511. The van der Waals surface area contributed by atoms with E-state index in [4.69, 9.17) is 4.74 Å². The quantitative estimate of drug-likeness (QED) is 0.760. The first kappa shape index (κ1) is 11.5. The Balaban J connectivity index is 2.33. The molecule has 0 fully saturated rings. The van der Waals surface area contributed by atoms with Crippen molar-refractivity contribution in [2.45, 2.75) is 6.92 Å². The Kier molecular flexibility index (Phi) is 3.32. The van der Waals surface area contributed by atoms with Crippen molar-refractivity contribution in [2.24, 2.45) is 0 Å². The van der Waals surface area contributed by atoms with Gasteiger partial charge < -0.3 is 4.74 Å². The van der Waals surface area contributed by atoms with Crippen molar-refractivity contribution in [1.82, 2.24) is 4.98 Å². The minimum Gasteiger partial charge on any atom is -0.494 e. The average Bonchev–Trinajstić information content (AvgIpc) is 2.31. The first-order valence-corrected chi connectivity index (χ1v) is 5.26. The number of ether oxygens (including phenoxy) is 1. The molecule has 1 heterocycles. The van der Waals surface area contributed by atoms with E-state index >= 15 is 0 Å². The first-order chi connectivity index (χ1) is 8.20. The second-order valence-corrected chi connectivity index (χ2v) is 3.43. The predicted molar refractivity (Wildman–Crippen MR) is 60.8 cm³/mol. The maximum absolute atomic E-state index is 13.4. The molecule has 0 saturated carbocycles. The molecule has 0 radical (unpaired) electrons. The maximum atomic E-state index is 13.4. The Morgan fingerprint density at radius 1 is 1.06 bits per heavy atom. The van der Waals surface area contributed by atoms with Crippen LogP contribution in [0.2, 0.25) is 0 Å². The van der Waals surface area contributed by atoms with Crippen LogP contribution < -0.4 is 4.74 Å². The molecule has 1 aromatic heterocycles. The number of rotatable bonds is 3. The average molecular weight is 235 g/mol. The van der Waals surface area contributed by atoms with E-state index in [2.05, 4.69) is 4.98 Å². The number of halogens is 2. The second kappa shape index (κ2) is 4.91. The molecule has 2 aromatic rings. The van der Waals surface area contributed by atoms with Crippen molar-refractivity contribution in [1.29, 1.82) is 0 Å². The van der Waals surface area contributed by atoms with Crippen molar-refractivity contribution in [3.8, 4) is 16.9 Å². The van der Waals surface area contributed by atoms with E-state index in [1.165, 1.54) is 6.07 Å². The van der Waals surface area contributed by atoms with E-state index < -0.39 is 11.9 Å². The van der Waals surface area contributed by atoms with E-state index in [1.54, 1.807) is 24.3 Å². The number of hydrogen-bond acceptors (Lipinski definition) is 2. The summed E-state index contributed by atoms with van der Waals surface area (Å²) >= 11 is 0. The minimum atomic E-state index is -0.822. The lowest BCUT2D eigenvalue weighted by Crippen LogP contribution is -1.93. The molecular weight excluding hydrogens is 224 g/mol. The minimum absolute atomic E-state index is 0.273. The van der Waals surface area contributed by atoms with Crippen molar-refractivity contribution < 1.29 is 13.5 Å². The van der Waals surface area contributed by atoms with E-state index in [9.17, 15) is 8.78 Å². The molecule has 2 rings (SSSR count). The lowest BCUT2D eigenvalue weighted by Gasteiger charge is -2.05. The standard InChI is InChI=1S/C13H11F2NO/c1-2-17-10-5-3-9(4-6-10)11-7-8-12(14)16-13(11)15/h3-8H,2H2,1H3. The van der Waals surface area contributed by atoms with Gasteiger partial charge in [0, 0.05) is 5.56 Å². The van der Waals surface area contributed by atoms with Gasteiger partial charge in [0.05, 0.1) is 6.61 Å². The molecule has 0 N–H and O–H groups in total. The molecule has 17 heavy (non-hydrogen) atoms. The van der Waals surface area contributed by atoms with Gasteiger partial charge in [0.2, 0.25) is 11.9 Å². The highest BCUT2D eigenvalue weighted by Gasteiger charge is 2.07. The Morgan fingerprint density at radius 3 is 2.35 bits per heavy atom. The van der Waals surface area contributed by atoms with Gasteiger partial charge in [-0.1, -0.05) is 12.1 Å². The zero-order chi connectivity index (χ0) is 12.3. The van der Waals surface area contributed by atoms with Gasteiger partial charge in [0.15, 0.2) is 0 Å². The molecule has 0 aliphatic carbocycles. The molecule has 0 bridgehead atoms. The van der Waals surface area contributed by atoms with Gasteiger partial charge in [-0.25, -0.2) is 0 Å². The number of aromatic nitrogens is 1. The predicted octanol–water partition coefficient (Wildman–Crippen LogP) is 3.43. The van der Waals surface area contributed by atoms with E-state index in [1.807, 2.05) is 6.92 Å². The lowest BCUT2D eigenvalue weighted by molar-refractivity contribution is 0.340. The third-order valence-corrected chi connectivity index (χ3v) is 2.29. The molecule has 2 nitrogen and oxygen atoms in total. The Labute approximate surface area is 97.9 Å². The summed E-state index contributed by atoms with van der Waals surface area (Å²) in [7, 11) is 0. The van der Waals surface area contributed by atoms with Crippen LogP contribution >= 0.6 is 0 Å². The number of benzene rings is 1. The van der Waals surface area contributed by atoms with Crippen molar-refractivity contribution in [2.75, 3.05) is 6.61 Å². The first-order valence-electron chi connectivity index (χ1n) is 5.26. The number of hydrogen-bond donors (Lipinski definition) is 0. The molecule has 0 aliphatic heterocycles. The van der Waals surface area contributed by atoms with E-state index in [-0.39, 0.29) is 5.56 Å². The maximum Gasteiger partial charge on any atom is 0.223 e. The summed E-state index contributed by atoms with van der Waals surface area (Å²) in [5.41, 5.74) is 0.910. The third kappa shape index (κ3) is 2.58. The fourth-order valence-electron chi connectivity index (χ4n) is 1.52. The fourth-order valence-corrected chi connectivity index (χ4v) is 1.52. The zero-order valence-electron chi connectivity index (χ0n) is 9.28. The highest BCUT2D eigenvalue weighted by atomic mass is 19.1. The van der Waals surface area contributed by atoms with Crippen LogP contribution in [0, 0.1) is 11.9 Å². The van der Waals surface area contributed by atoms with Gasteiger partial charge in [-0.05, 0) is 36.8 Å². The molecule has 0 atom stereocenters. The summed E-state index contributed by atoms with van der Waals surface area (Å²) in [6, 6.07) is 9.40. The molecular formula is C13H11F2NO. The molecule has 0 aliphatic rings. The van der Waals surface area contributed by atoms with Gasteiger partial charge in [-0.2, -0.15) is 13.8 Å². The Hall–Kier alpha value is -1.97. The van der Waals surface area contributed by atoms with Crippen LogP contribution in [0.25, 0.3) is 11.1 Å². The van der Waals surface area contributed by atoms with Gasteiger partial charge in [-0.15, -0.1) is 0 Å². The van der Waals surface area contributed by atoms with E-state index in [0.29, 0.717) is 17.9 Å². The monoisotopic (exact) mass is 235 g/mol. The van der Waals surface area contributed by atoms with Crippen LogP contribution in [0.15, 0.2) is 36.4 Å². The van der Waals surface area contributed by atoms with Crippen LogP contribution in [0.4, 0.5) is 8.78 Å². The van der Waals surface area contributed by atoms with Crippen LogP contribution in [-0.2, 0) is 0 Å². The highest BCUT2D eigenvalue weighted by molar-refractivity contribution is 5.63. The SMILES string of the molecule is CCOc1ccc(-c2ccc(F)nc2F)cc1. The van der Waals surface area contributed by atoms with Crippen LogP contribution in [0.1, 0.15) is 6.92 Å². The molecule has 0 saturated heterocycles. The number of pyridine rings is 1. The summed E-state index contributed by atoms with van der Waals surface area (Å²) < 4.78 is 31.3. The molecule has 4 heteroatoms. The van der Waals surface area contributed by atoms with Crippen molar-refractivity contribution >= 4 is 0 Å². The molecule has 0 amide bonds. The van der Waals surface area contributed by atoms with E-state index in [0.717, 1.165) is 6.07 Å². The topological polar surface area (TPSA) is 22.1 Å². The van der Waals surface area contributed by atoms with Gasteiger partial charge in [-0.3, -0.25) is 0 Å².